The van der Waals surface area contributed by atoms with Gasteiger partial charge in [0.15, 0.2) is 18.0 Å². The fourth-order valence-electron chi connectivity index (χ4n) is 6.17. The molecule has 0 amide bonds. The van der Waals surface area contributed by atoms with E-state index in [2.05, 4.69) is 64.0 Å². The van der Waals surface area contributed by atoms with Gasteiger partial charge in [0.1, 0.15) is 0 Å². The summed E-state index contributed by atoms with van der Waals surface area (Å²) in [5.74, 6) is 2.05. The topological polar surface area (TPSA) is 21.7 Å². The van der Waals surface area contributed by atoms with Crippen LogP contribution in [0.15, 0.2) is 48.5 Å². The third-order valence-electron chi connectivity index (χ3n) is 7.86. The first kappa shape index (κ1) is 20.6. The second-order valence-corrected chi connectivity index (χ2v) is 10.5. The highest BCUT2D eigenvalue weighted by molar-refractivity contribution is 7.96. The molecule has 156 valence electrons. The van der Waals surface area contributed by atoms with Crippen molar-refractivity contribution >= 4 is 17.9 Å². The molecule has 4 heteroatoms. The lowest BCUT2D eigenvalue weighted by Gasteiger charge is -2.45. The quantitative estimate of drug-likeness (QED) is 0.218. The van der Waals surface area contributed by atoms with Crippen LogP contribution in [0.1, 0.15) is 51.7 Å². The Morgan fingerprint density at radius 2 is 1.66 bits per heavy atom. The number of para-hydroxylation sites is 1. The van der Waals surface area contributed by atoms with Crippen LogP contribution in [0.3, 0.4) is 0 Å². The third kappa shape index (κ3) is 3.44. The van der Waals surface area contributed by atoms with Crippen LogP contribution in [0.25, 0.3) is 0 Å². The largest absolute Gasteiger partial charge is 0.324 e. The molecule has 0 aromatic heterocycles. The summed E-state index contributed by atoms with van der Waals surface area (Å²) in [5, 5.41) is 0. The van der Waals surface area contributed by atoms with Crippen LogP contribution in [0.5, 0.6) is 5.75 Å². The minimum Gasteiger partial charge on any atom is -0.324 e. The van der Waals surface area contributed by atoms with E-state index in [9.17, 15) is 0 Å². The number of benzene rings is 2. The van der Waals surface area contributed by atoms with Gasteiger partial charge in [0.05, 0.1) is 11.7 Å². The molecule has 2 aromatic carbocycles. The molecule has 29 heavy (non-hydrogen) atoms. The number of hydrogen-bond donors (Lipinski definition) is 0. The summed E-state index contributed by atoms with van der Waals surface area (Å²) >= 11 is 1.34. The van der Waals surface area contributed by atoms with Gasteiger partial charge in [-0.15, -0.1) is 0 Å². The van der Waals surface area contributed by atoms with Crippen molar-refractivity contribution in [2.24, 2.45) is 22.7 Å². The van der Waals surface area contributed by atoms with E-state index in [4.69, 9.17) is 9.22 Å². The lowest BCUT2D eigenvalue weighted by molar-refractivity contribution is -0.0785. The molecule has 2 saturated carbocycles. The predicted molar refractivity (Wildman–Crippen MR) is 122 cm³/mol. The molecule has 0 aliphatic heterocycles. The summed E-state index contributed by atoms with van der Waals surface area (Å²) in [5.41, 5.74) is 4.29. The van der Waals surface area contributed by atoms with Crippen LogP contribution in [-0.4, -0.2) is 6.04 Å². The highest BCUT2D eigenvalue weighted by Gasteiger charge is 2.66. The Hall–Kier alpha value is -1.65. The lowest BCUT2D eigenvalue weighted by Crippen LogP contribution is -2.47. The Balaban J connectivity index is 1.65. The maximum Gasteiger partial charge on any atom is 0.166 e. The van der Waals surface area contributed by atoms with E-state index >= 15 is 0 Å². The van der Waals surface area contributed by atoms with Crippen molar-refractivity contribution in [3.05, 3.63) is 59.7 Å². The molecule has 0 N–H and O–H groups in total. The number of rotatable bonds is 6. The number of hydrogen-bond acceptors (Lipinski definition) is 4. The van der Waals surface area contributed by atoms with Gasteiger partial charge in [-0.2, -0.15) is 0 Å². The molecule has 2 aliphatic rings. The van der Waals surface area contributed by atoms with Gasteiger partial charge in [-0.1, -0.05) is 56.3 Å². The van der Waals surface area contributed by atoms with Gasteiger partial charge in [-0.05, 0) is 84.7 Å². The maximum absolute atomic E-state index is 5.74. The van der Waals surface area contributed by atoms with E-state index in [1.165, 1.54) is 41.9 Å². The van der Waals surface area contributed by atoms with Crippen LogP contribution in [0.4, 0.5) is 5.69 Å². The van der Waals surface area contributed by atoms with Gasteiger partial charge in [-0.25, -0.2) is 0 Å². The van der Waals surface area contributed by atoms with Crippen molar-refractivity contribution in [3.8, 4) is 5.75 Å². The van der Waals surface area contributed by atoms with Crippen molar-refractivity contribution in [1.82, 2.24) is 0 Å². The Labute approximate surface area is 180 Å². The van der Waals surface area contributed by atoms with Crippen molar-refractivity contribution < 1.29 is 9.22 Å². The van der Waals surface area contributed by atoms with Crippen LogP contribution < -0.4 is 9.19 Å². The van der Waals surface area contributed by atoms with Crippen molar-refractivity contribution in [1.29, 1.82) is 0 Å². The van der Waals surface area contributed by atoms with Crippen molar-refractivity contribution in [2.45, 2.75) is 60.4 Å². The van der Waals surface area contributed by atoms with E-state index in [-0.39, 0.29) is 5.41 Å². The standard InChI is InChI=1S/C25H33NO2S/c1-17-14-18(2)16-20(15-17)26(29-28-27-21-10-8-7-9-11-21)23-19(3)22-12-13-25(23,6)24(22,4)5/h7-11,14-16,19,22-23H,12-13H2,1-6H3. The summed E-state index contributed by atoms with van der Waals surface area (Å²) < 4.78 is 8.12. The normalized spacial score (nSPS) is 29.8. The zero-order chi connectivity index (χ0) is 20.8. The summed E-state index contributed by atoms with van der Waals surface area (Å²) in [6, 6.07) is 16.8. The summed E-state index contributed by atoms with van der Waals surface area (Å²) in [6.45, 7) is 14.2. The van der Waals surface area contributed by atoms with Crippen LogP contribution in [-0.2, 0) is 4.33 Å². The van der Waals surface area contributed by atoms with Crippen molar-refractivity contribution in [3.63, 3.8) is 0 Å². The Morgan fingerprint density at radius 3 is 2.24 bits per heavy atom. The molecule has 4 atom stereocenters. The average Bonchev–Trinajstić information content (AvgIpc) is 2.97. The van der Waals surface area contributed by atoms with Crippen molar-refractivity contribution in [2.75, 3.05) is 4.31 Å². The average molecular weight is 412 g/mol. The molecule has 2 fully saturated rings. The van der Waals surface area contributed by atoms with Crippen LogP contribution >= 0.6 is 12.2 Å². The highest BCUT2D eigenvalue weighted by Crippen LogP contribution is 2.69. The molecule has 0 saturated heterocycles. The van der Waals surface area contributed by atoms with E-state index in [0.29, 0.717) is 23.1 Å². The molecule has 2 aliphatic carbocycles. The van der Waals surface area contributed by atoms with Gasteiger partial charge in [0.25, 0.3) is 0 Å². The fourth-order valence-corrected chi connectivity index (χ4v) is 7.06. The first-order chi connectivity index (χ1) is 13.7. The van der Waals surface area contributed by atoms with E-state index < -0.39 is 0 Å². The molecule has 2 bridgehead atoms. The van der Waals surface area contributed by atoms with Gasteiger partial charge >= 0.3 is 0 Å². The zero-order valence-electron chi connectivity index (χ0n) is 18.4. The maximum atomic E-state index is 5.74. The van der Waals surface area contributed by atoms with Gasteiger partial charge in [-0.3, -0.25) is 4.31 Å². The van der Waals surface area contributed by atoms with Crippen LogP contribution in [0, 0.1) is 36.5 Å². The molecule has 4 unspecified atom stereocenters. The summed E-state index contributed by atoms with van der Waals surface area (Å²) in [4.78, 5) is 5.60. The smallest absolute Gasteiger partial charge is 0.166 e. The lowest BCUT2D eigenvalue weighted by atomic mass is 9.69. The molecule has 0 radical (unpaired) electrons. The minimum absolute atomic E-state index is 0.234. The Morgan fingerprint density at radius 1 is 1.00 bits per heavy atom. The molecule has 0 heterocycles. The summed E-state index contributed by atoms with van der Waals surface area (Å²) in [7, 11) is 0. The molecule has 4 rings (SSSR count). The number of anilines is 1. The van der Waals surface area contributed by atoms with E-state index in [1.54, 1.807) is 0 Å². The third-order valence-corrected chi connectivity index (χ3v) is 8.58. The summed E-state index contributed by atoms with van der Waals surface area (Å²) in [6.07, 6.45) is 2.59. The second-order valence-electron chi connectivity index (χ2n) is 9.80. The van der Waals surface area contributed by atoms with Gasteiger partial charge in [0.2, 0.25) is 0 Å². The molecule has 0 spiro atoms. The number of aryl methyl sites for hydroxylation is 2. The number of nitrogens with zero attached hydrogens (tertiary/aromatic N) is 1. The van der Waals surface area contributed by atoms with Gasteiger partial charge < -0.3 is 4.89 Å². The first-order valence-electron chi connectivity index (χ1n) is 10.7. The highest BCUT2D eigenvalue weighted by atomic mass is 32.2. The van der Waals surface area contributed by atoms with Crippen LogP contribution in [0.2, 0.25) is 0 Å². The second kappa shape index (κ2) is 7.55. The predicted octanol–water partition coefficient (Wildman–Crippen LogP) is 7.14. The first-order valence-corrected chi connectivity index (χ1v) is 11.4. The Kier molecular flexibility index (Phi) is 5.37. The SMILES string of the molecule is Cc1cc(C)cc(N(SOOc2ccccc2)C2C(C)C3CCC2(C)C3(C)C)c1. The number of fused-ring (bicyclic) bond motifs is 2. The monoisotopic (exact) mass is 411 g/mol. The fraction of sp³-hybridized carbons (Fsp3) is 0.520. The molecular formula is C25H33NO2S. The Bertz CT molecular complexity index is 848. The van der Waals surface area contributed by atoms with E-state index in [0.717, 1.165) is 5.92 Å². The molecule has 2 aromatic rings. The minimum atomic E-state index is 0.234. The molecule has 3 nitrogen and oxygen atoms in total. The van der Waals surface area contributed by atoms with Gasteiger partial charge in [0, 0.05) is 0 Å². The van der Waals surface area contributed by atoms with E-state index in [1.807, 2.05) is 30.3 Å². The molecular weight excluding hydrogens is 378 g/mol. The zero-order valence-corrected chi connectivity index (χ0v) is 19.3.